The highest BCUT2D eigenvalue weighted by Gasteiger charge is 2.09. The maximum atomic E-state index is 13.8. The number of halogens is 1. The zero-order valence-electron chi connectivity index (χ0n) is 17.6. The molecule has 2 aromatic heterocycles. The normalized spacial score (nSPS) is 10.5. The number of carbonyl (C=O) groups is 1. The summed E-state index contributed by atoms with van der Waals surface area (Å²) in [5, 5.41) is 0. The number of hydrogen-bond acceptors (Lipinski definition) is 6. The summed E-state index contributed by atoms with van der Waals surface area (Å²) in [6.45, 7) is 2.37. The number of aryl methyl sites for hydroxylation is 1. The van der Waals surface area contributed by atoms with Gasteiger partial charge in [0, 0.05) is 35.5 Å². The summed E-state index contributed by atoms with van der Waals surface area (Å²) < 4.78 is 29.7. The van der Waals surface area contributed by atoms with Crippen molar-refractivity contribution in [1.29, 1.82) is 0 Å². The average Bonchev–Trinajstić information content (AvgIpc) is 2.79. The molecule has 0 bridgehead atoms. The minimum Gasteiger partial charge on any atom is -0.487 e. The Morgan fingerprint density at radius 3 is 2.61 bits per heavy atom. The molecule has 162 valence electrons. The molecule has 0 aliphatic heterocycles. The van der Waals surface area contributed by atoms with Gasteiger partial charge in [-0.3, -0.25) is 9.78 Å². The maximum absolute atomic E-state index is 13.8. The average molecular weight is 424 g/mol. The molecule has 0 unspecified atom stereocenters. The number of rotatable bonds is 10. The Morgan fingerprint density at radius 1 is 1.06 bits per heavy atom. The van der Waals surface area contributed by atoms with Crippen molar-refractivity contribution in [1.82, 2.24) is 9.97 Å². The molecule has 6 nitrogen and oxygen atoms in total. The monoisotopic (exact) mass is 424 g/mol. The van der Waals surface area contributed by atoms with Gasteiger partial charge in [-0.25, -0.2) is 9.37 Å². The molecule has 7 heteroatoms. The van der Waals surface area contributed by atoms with Gasteiger partial charge in [-0.2, -0.15) is 0 Å². The molecule has 1 aromatic carbocycles. The second-order valence-corrected chi connectivity index (χ2v) is 6.82. The molecule has 0 fully saturated rings. The van der Waals surface area contributed by atoms with Gasteiger partial charge in [0.2, 0.25) is 5.88 Å². The number of ether oxygens (including phenoxy) is 3. The SMILES string of the molecule is CCOC(=O)CCCc1ccc(OCc2cc(F)ccc2-c2ccc(OC)nc2)cn1. The maximum Gasteiger partial charge on any atom is 0.305 e. The molecule has 0 aliphatic carbocycles. The first-order chi connectivity index (χ1) is 15.1. The molecule has 0 radical (unpaired) electrons. The zero-order valence-corrected chi connectivity index (χ0v) is 17.6. The van der Waals surface area contributed by atoms with Crippen molar-refractivity contribution in [2.75, 3.05) is 13.7 Å². The van der Waals surface area contributed by atoms with E-state index in [4.69, 9.17) is 14.2 Å². The number of carbonyl (C=O) groups excluding carboxylic acids is 1. The van der Waals surface area contributed by atoms with E-state index < -0.39 is 0 Å². The lowest BCUT2D eigenvalue weighted by Crippen LogP contribution is -2.04. The van der Waals surface area contributed by atoms with Crippen LogP contribution in [0.1, 0.15) is 31.0 Å². The summed E-state index contributed by atoms with van der Waals surface area (Å²) in [5.74, 6) is 0.564. The van der Waals surface area contributed by atoms with E-state index in [0.717, 1.165) is 16.8 Å². The minimum absolute atomic E-state index is 0.184. The zero-order chi connectivity index (χ0) is 22.1. The molecule has 2 heterocycles. The van der Waals surface area contributed by atoms with E-state index in [1.54, 1.807) is 38.6 Å². The molecule has 0 amide bonds. The van der Waals surface area contributed by atoms with Crippen molar-refractivity contribution < 1.29 is 23.4 Å². The largest absolute Gasteiger partial charge is 0.487 e. The third kappa shape index (κ3) is 6.50. The van der Waals surface area contributed by atoms with E-state index in [0.29, 0.717) is 43.1 Å². The van der Waals surface area contributed by atoms with E-state index in [9.17, 15) is 9.18 Å². The second-order valence-electron chi connectivity index (χ2n) is 6.82. The highest BCUT2D eigenvalue weighted by atomic mass is 19.1. The van der Waals surface area contributed by atoms with Gasteiger partial charge in [0.05, 0.1) is 19.9 Å². The predicted octanol–water partition coefficient (Wildman–Crippen LogP) is 4.76. The molecule has 0 saturated heterocycles. The second kappa shape index (κ2) is 11.1. The number of hydrogen-bond donors (Lipinski definition) is 0. The first-order valence-corrected chi connectivity index (χ1v) is 10.1. The highest BCUT2D eigenvalue weighted by Crippen LogP contribution is 2.26. The lowest BCUT2D eigenvalue weighted by atomic mass is 10.0. The smallest absolute Gasteiger partial charge is 0.305 e. The number of methoxy groups -OCH3 is 1. The molecule has 3 rings (SSSR count). The van der Waals surface area contributed by atoms with Crippen molar-refractivity contribution in [2.45, 2.75) is 32.8 Å². The Bertz CT molecular complexity index is 991. The Kier molecular flexibility index (Phi) is 7.92. The third-order valence-electron chi connectivity index (χ3n) is 4.63. The first-order valence-electron chi connectivity index (χ1n) is 10.1. The number of aromatic nitrogens is 2. The molecule has 3 aromatic rings. The van der Waals surface area contributed by atoms with Crippen molar-refractivity contribution in [3.8, 4) is 22.8 Å². The fourth-order valence-corrected chi connectivity index (χ4v) is 3.08. The Hall–Kier alpha value is -3.48. The summed E-state index contributed by atoms with van der Waals surface area (Å²) in [7, 11) is 1.55. The lowest BCUT2D eigenvalue weighted by Gasteiger charge is -2.12. The quantitative estimate of drug-likeness (QED) is 0.437. The third-order valence-corrected chi connectivity index (χ3v) is 4.63. The van der Waals surface area contributed by atoms with Crippen LogP contribution in [0, 0.1) is 5.82 Å². The molecule has 0 aliphatic rings. The first kappa shape index (κ1) is 22.2. The molecular formula is C24H25FN2O4. The summed E-state index contributed by atoms with van der Waals surface area (Å²) in [4.78, 5) is 20.0. The molecule has 0 N–H and O–H groups in total. The number of nitrogens with zero attached hydrogens (tertiary/aromatic N) is 2. The van der Waals surface area contributed by atoms with E-state index in [2.05, 4.69) is 9.97 Å². The van der Waals surface area contributed by atoms with E-state index in [1.165, 1.54) is 12.1 Å². The van der Waals surface area contributed by atoms with Gasteiger partial charge in [0.25, 0.3) is 0 Å². The predicted molar refractivity (Wildman–Crippen MR) is 114 cm³/mol. The van der Waals surface area contributed by atoms with Gasteiger partial charge in [-0.15, -0.1) is 0 Å². The van der Waals surface area contributed by atoms with Gasteiger partial charge in [-0.1, -0.05) is 6.07 Å². The van der Waals surface area contributed by atoms with Crippen molar-refractivity contribution in [2.24, 2.45) is 0 Å². The van der Waals surface area contributed by atoms with Gasteiger partial charge >= 0.3 is 5.97 Å². The summed E-state index contributed by atoms with van der Waals surface area (Å²) in [5.41, 5.74) is 3.24. The molecular weight excluding hydrogens is 399 g/mol. The summed E-state index contributed by atoms with van der Waals surface area (Å²) >= 11 is 0. The van der Waals surface area contributed by atoms with Crippen molar-refractivity contribution >= 4 is 5.97 Å². The van der Waals surface area contributed by atoms with Crippen molar-refractivity contribution in [3.63, 3.8) is 0 Å². The molecule has 0 atom stereocenters. The molecule has 0 spiro atoms. The standard InChI is InChI=1S/C24H25FN2O4/c1-3-30-24(28)6-4-5-20-9-10-21(15-26-20)31-16-18-13-19(25)8-11-22(18)17-7-12-23(29-2)27-14-17/h7-15H,3-6,16H2,1-2H3. The summed E-state index contributed by atoms with van der Waals surface area (Å²) in [6.07, 6.45) is 5.04. The van der Waals surface area contributed by atoms with E-state index in [1.807, 2.05) is 18.2 Å². The lowest BCUT2D eigenvalue weighted by molar-refractivity contribution is -0.143. The number of pyridine rings is 2. The molecule has 0 saturated carbocycles. The van der Waals surface area contributed by atoms with Crippen LogP contribution in [0.5, 0.6) is 11.6 Å². The minimum atomic E-state index is -0.334. The topological polar surface area (TPSA) is 70.5 Å². The van der Waals surface area contributed by atoms with E-state index >= 15 is 0 Å². The van der Waals surface area contributed by atoms with Crippen LogP contribution in [-0.2, 0) is 22.6 Å². The van der Waals surface area contributed by atoms with Crippen molar-refractivity contribution in [3.05, 3.63) is 71.9 Å². The van der Waals surface area contributed by atoms with Crippen LogP contribution in [0.15, 0.2) is 54.9 Å². The fraction of sp³-hybridized carbons (Fsp3) is 0.292. The summed E-state index contributed by atoms with van der Waals surface area (Å²) in [6, 6.07) is 11.9. The van der Waals surface area contributed by atoms with Crippen LogP contribution >= 0.6 is 0 Å². The van der Waals surface area contributed by atoms with Gasteiger partial charge in [-0.05, 0) is 55.7 Å². The van der Waals surface area contributed by atoms with Crippen LogP contribution in [0.25, 0.3) is 11.1 Å². The van der Waals surface area contributed by atoms with Gasteiger partial charge < -0.3 is 14.2 Å². The fourth-order valence-electron chi connectivity index (χ4n) is 3.08. The Labute approximate surface area is 181 Å². The Morgan fingerprint density at radius 2 is 1.94 bits per heavy atom. The van der Waals surface area contributed by atoms with Crippen LogP contribution in [-0.4, -0.2) is 29.7 Å². The van der Waals surface area contributed by atoms with Crippen LogP contribution in [0.3, 0.4) is 0 Å². The number of benzene rings is 1. The van der Waals surface area contributed by atoms with Crippen LogP contribution in [0.2, 0.25) is 0 Å². The van der Waals surface area contributed by atoms with Gasteiger partial charge in [0.15, 0.2) is 0 Å². The van der Waals surface area contributed by atoms with Gasteiger partial charge in [0.1, 0.15) is 18.2 Å². The molecule has 31 heavy (non-hydrogen) atoms. The number of esters is 1. The highest BCUT2D eigenvalue weighted by molar-refractivity contribution is 5.69. The van der Waals surface area contributed by atoms with Crippen LogP contribution in [0.4, 0.5) is 4.39 Å². The Balaban J connectivity index is 1.61. The van der Waals surface area contributed by atoms with E-state index in [-0.39, 0.29) is 18.4 Å². The van der Waals surface area contributed by atoms with Crippen LogP contribution < -0.4 is 9.47 Å².